The van der Waals surface area contributed by atoms with E-state index in [4.69, 9.17) is 4.74 Å². The van der Waals surface area contributed by atoms with Gasteiger partial charge in [-0.1, -0.05) is 81.4 Å². The third-order valence-electron chi connectivity index (χ3n) is 6.78. The molecule has 1 aromatic rings. The zero-order chi connectivity index (χ0) is 24.4. The minimum Gasteiger partial charge on any atom is -0.507 e. The first-order chi connectivity index (χ1) is 13.8. The van der Waals surface area contributed by atoms with Crippen LogP contribution >= 0.6 is 0 Å². The number of phenols is 1. The van der Waals surface area contributed by atoms with E-state index in [0.717, 1.165) is 16.7 Å². The number of carbonyl (C=O) groups is 1. The zero-order valence-corrected chi connectivity index (χ0v) is 21.2. The standard InChI is InChI=1S/C26H44O5/c1-23(2,3)18-15-17(16-19(21(18)28)24(4,5)6)11-12-20(27)31-14-13-25(7,8)26(9,10)22(29)30/h15-16,22,28-30H,11-14H2,1-10H3. The molecule has 0 atom stereocenters. The lowest BCUT2D eigenvalue weighted by Crippen LogP contribution is -2.43. The molecule has 0 aliphatic rings. The van der Waals surface area contributed by atoms with Crippen molar-refractivity contribution in [2.24, 2.45) is 10.8 Å². The number of carbonyl (C=O) groups excluding carboxylic acids is 1. The van der Waals surface area contributed by atoms with Crippen LogP contribution in [0.3, 0.4) is 0 Å². The van der Waals surface area contributed by atoms with Crippen LogP contribution in [0.15, 0.2) is 12.1 Å². The van der Waals surface area contributed by atoms with E-state index in [1.54, 1.807) is 13.8 Å². The van der Waals surface area contributed by atoms with E-state index in [-0.39, 0.29) is 29.8 Å². The van der Waals surface area contributed by atoms with Gasteiger partial charge in [-0.15, -0.1) is 0 Å². The van der Waals surface area contributed by atoms with Crippen molar-refractivity contribution in [1.82, 2.24) is 0 Å². The lowest BCUT2D eigenvalue weighted by atomic mass is 9.66. The summed E-state index contributed by atoms with van der Waals surface area (Å²) in [7, 11) is 0. The van der Waals surface area contributed by atoms with Crippen molar-refractivity contribution >= 4 is 5.97 Å². The van der Waals surface area contributed by atoms with Gasteiger partial charge in [0.1, 0.15) is 5.75 Å². The Labute approximate surface area is 188 Å². The number of esters is 1. The number of hydrogen-bond donors (Lipinski definition) is 3. The van der Waals surface area contributed by atoms with Gasteiger partial charge in [-0.2, -0.15) is 0 Å². The molecule has 0 bridgehead atoms. The second-order valence-electron chi connectivity index (χ2n) is 12.0. The highest BCUT2D eigenvalue weighted by atomic mass is 16.5. The van der Waals surface area contributed by atoms with Crippen LogP contribution in [0.1, 0.15) is 98.8 Å². The van der Waals surface area contributed by atoms with E-state index in [1.165, 1.54) is 0 Å². The van der Waals surface area contributed by atoms with Crippen LogP contribution in [-0.2, 0) is 26.8 Å². The molecule has 178 valence electrons. The number of aromatic hydroxyl groups is 1. The van der Waals surface area contributed by atoms with Crippen molar-refractivity contribution in [2.45, 2.75) is 106 Å². The summed E-state index contributed by atoms with van der Waals surface area (Å²) in [5, 5.41) is 30.1. The molecular formula is C26H44O5. The van der Waals surface area contributed by atoms with Crippen LogP contribution < -0.4 is 0 Å². The van der Waals surface area contributed by atoms with Crippen LogP contribution in [0.25, 0.3) is 0 Å². The maximum absolute atomic E-state index is 12.3. The normalized spacial score (nSPS) is 13.6. The van der Waals surface area contributed by atoms with E-state index in [1.807, 2.05) is 26.0 Å². The minimum absolute atomic E-state index is 0.212. The molecule has 0 fully saturated rings. The molecule has 1 aromatic carbocycles. The molecule has 1 rings (SSSR count). The molecule has 0 aromatic heterocycles. The van der Waals surface area contributed by atoms with Gasteiger partial charge >= 0.3 is 5.97 Å². The number of aryl methyl sites for hydroxylation is 1. The highest BCUT2D eigenvalue weighted by Crippen LogP contribution is 2.43. The molecule has 0 aliphatic carbocycles. The van der Waals surface area contributed by atoms with E-state index < -0.39 is 17.1 Å². The molecule has 0 amide bonds. The molecule has 0 saturated heterocycles. The van der Waals surface area contributed by atoms with Gasteiger partial charge < -0.3 is 20.1 Å². The SMILES string of the molecule is CC(C)(C)c1cc(CCC(=O)OCCC(C)(C)C(C)(C)C(O)O)cc(C(C)(C)C)c1O. The average Bonchev–Trinajstić information content (AvgIpc) is 2.58. The smallest absolute Gasteiger partial charge is 0.306 e. The van der Waals surface area contributed by atoms with Crippen molar-refractivity contribution in [3.05, 3.63) is 28.8 Å². The Kier molecular flexibility index (Phi) is 8.41. The van der Waals surface area contributed by atoms with Crippen molar-refractivity contribution in [1.29, 1.82) is 0 Å². The quantitative estimate of drug-likeness (QED) is 0.384. The van der Waals surface area contributed by atoms with Crippen molar-refractivity contribution in [3.8, 4) is 5.75 Å². The number of benzene rings is 1. The second kappa shape index (κ2) is 9.50. The summed E-state index contributed by atoms with van der Waals surface area (Å²) in [4.78, 5) is 12.3. The van der Waals surface area contributed by atoms with Crippen LogP contribution in [0.4, 0.5) is 0 Å². The third-order valence-corrected chi connectivity index (χ3v) is 6.78. The molecule has 0 spiro atoms. The predicted octanol–water partition coefficient (Wildman–Crippen LogP) is 5.22. The first-order valence-electron chi connectivity index (χ1n) is 11.2. The summed E-state index contributed by atoms with van der Waals surface area (Å²) in [5.41, 5.74) is 1.21. The van der Waals surface area contributed by atoms with E-state index in [2.05, 4.69) is 41.5 Å². The highest BCUT2D eigenvalue weighted by Gasteiger charge is 2.41. The summed E-state index contributed by atoms with van der Waals surface area (Å²) >= 11 is 0. The maximum Gasteiger partial charge on any atom is 0.306 e. The maximum atomic E-state index is 12.3. The Morgan fingerprint density at radius 1 is 0.903 bits per heavy atom. The Morgan fingerprint density at radius 2 is 1.35 bits per heavy atom. The Balaban J connectivity index is 2.84. The summed E-state index contributed by atoms with van der Waals surface area (Å²) in [6, 6.07) is 3.98. The average molecular weight is 437 g/mol. The van der Waals surface area contributed by atoms with Gasteiger partial charge in [0.2, 0.25) is 0 Å². The number of aliphatic hydroxyl groups is 2. The third kappa shape index (κ3) is 6.95. The monoisotopic (exact) mass is 436 g/mol. The number of aliphatic hydroxyl groups excluding tert-OH is 1. The first-order valence-corrected chi connectivity index (χ1v) is 11.2. The van der Waals surface area contributed by atoms with E-state index >= 15 is 0 Å². The number of phenolic OH excluding ortho intramolecular Hbond substituents is 1. The summed E-state index contributed by atoms with van der Waals surface area (Å²) in [5.74, 6) is 0.0584. The van der Waals surface area contributed by atoms with Crippen molar-refractivity contribution in [2.75, 3.05) is 6.61 Å². The second-order valence-corrected chi connectivity index (χ2v) is 12.0. The molecule has 5 nitrogen and oxygen atoms in total. The lowest BCUT2D eigenvalue weighted by Gasteiger charge is -2.42. The van der Waals surface area contributed by atoms with Crippen molar-refractivity contribution in [3.63, 3.8) is 0 Å². The van der Waals surface area contributed by atoms with E-state index in [9.17, 15) is 20.1 Å². The van der Waals surface area contributed by atoms with Crippen LogP contribution in [0, 0.1) is 10.8 Å². The van der Waals surface area contributed by atoms with Gasteiger partial charge in [-0.3, -0.25) is 4.79 Å². The molecule has 0 heterocycles. The summed E-state index contributed by atoms with van der Waals surface area (Å²) < 4.78 is 5.44. The fraction of sp³-hybridized carbons (Fsp3) is 0.731. The predicted molar refractivity (Wildman–Crippen MR) is 125 cm³/mol. The largest absolute Gasteiger partial charge is 0.507 e. The molecule has 31 heavy (non-hydrogen) atoms. The molecule has 0 radical (unpaired) electrons. The molecule has 3 N–H and O–H groups in total. The van der Waals surface area contributed by atoms with E-state index in [0.29, 0.717) is 18.6 Å². The highest BCUT2D eigenvalue weighted by molar-refractivity contribution is 5.69. The molecule has 0 saturated carbocycles. The number of ether oxygens (including phenoxy) is 1. The van der Waals surface area contributed by atoms with Gasteiger partial charge in [-0.05, 0) is 45.8 Å². The Hall–Kier alpha value is -1.59. The molecule has 5 heteroatoms. The number of hydrogen-bond acceptors (Lipinski definition) is 5. The molecule has 0 aliphatic heterocycles. The summed E-state index contributed by atoms with van der Waals surface area (Å²) in [6.07, 6.45) is -0.119. The lowest BCUT2D eigenvalue weighted by molar-refractivity contribution is -0.170. The Morgan fingerprint density at radius 3 is 1.74 bits per heavy atom. The molecule has 0 unspecified atom stereocenters. The minimum atomic E-state index is -1.44. The van der Waals surface area contributed by atoms with Gasteiger partial charge in [-0.25, -0.2) is 0 Å². The van der Waals surface area contributed by atoms with Gasteiger partial charge in [0.15, 0.2) is 6.29 Å². The van der Waals surface area contributed by atoms with Crippen LogP contribution in [0.5, 0.6) is 5.75 Å². The molecular weight excluding hydrogens is 392 g/mol. The van der Waals surface area contributed by atoms with Gasteiger partial charge in [0, 0.05) is 11.8 Å². The van der Waals surface area contributed by atoms with Crippen molar-refractivity contribution < 1.29 is 24.9 Å². The summed E-state index contributed by atoms with van der Waals surface area (Å²) in [6.45, 7) is 20.1. The number of rotatable bonds is 8. The van der Waals surface area contributed by atoms with Crippen LogP contribution in [0.2, 0.25) is 0 Å². The van der Waals surface area contributed by atoms with Crippen LogP contribution in [-0.4, -0.2) is 34.2 Å². The zero-order valence-electron chi connectivity index (χ0n) is 21.2. The first kappa shape index (κ1) is 27.4. The topological polar surface area (TPSA) is 87.0 Å². The fourth-order valence-electron chi connectivity index (χ4n) is 3.39. The van der Waals surface area contributed by atoms with Gasteiger partial charge in [0.05, 0.1) is 6.61 Å². The van der Waals surface area contributed by atoms with Gasteiger partial charge in [0.25, 0.3) is 0 Å². The Bertz CT molecular complexity index is 726. The fourth-order valence-corrected chi connectivity index (χ4v) is 3.39.